The predicted octanol–water partition coefficient (Wildman–Crippen LogP) is 1.57. The van der Waals surface area contributed by atoms with Gasteiger partial charge in [-0.3, -0.25) is 4.79 Å². The fourth-order valence-corrected chi connectivity index (χ4v) is 2.21. The standard InChI is InChI=1S/C9H13ClN2O2S/c1-9(2,6(11)7(13)14-3)5-4-12-8(10)15-5/h4,6H,11H2,1-3H3. The van der Waals surface area contributed by atoms with Crippen molar-refractivity contribution in [2.45, 2.75) is 25.3 Å². The maximum Gasteiger partial charge on any atom is 0.323 e. The van der Waals surface area contributed by atoms with Crippen molar-refractivity contribution in [2.75, 3.05) is 7.11 Å². The molecule has 0 spiro atoms. The van der Waals surface area contributed by atoms with Crippen molar-refractivity contribution in [3.63, 3.8) is 0 Å². The maximum atomic E-state index is 11.3. The Morgan fingerprint density at radius 2 is 2.33 bits per heavy atom. The minimum absolute atomic E-state index is 0.440. The van der Waals surface area contributed by atoms with E-state index in [1.807, 2.05) is 13.8 Å². The summed E-state index contributed by atoms with van der Waals surface area (Å²) in [5.74, 6) is -0.440. The SMILES string of the molecule is COC(=O)C(N)C(C)(C)c1cnc(Cl)s1. The van der Waals surface area contributed by atoms with E-state index in [2.05, 4.69) is 9.72 Å². The van der Waals surface area contributed by atoms with Gasteiger partial charge in [0.15, 0.2) is 4.47 Å². The highest BCUT2D eigenvalue weighted by molar-refractivity contribution is 7.15. The number of hydrogen-bond acceptors (Lipinski definition) is 5. The summed E-state index contributed by atoms with van der Waals surface area (Å²) >= 11 is 7.05. The third-order valence-corrected chi connectivity index (χ3v) is 3.80. The summed E-state index contributed by atoms with van der Waals surface area (Å²) in [4.78, 5) is 16.1. The molecule has 0 radical (unpaired) electrons. The van der Waals surface area contributed by atoms with Crippen LogP contribution in [0.25, 0.3) is 0 Å². The van der Waals surface area contributed by atoms with Gasteiger partial charge in [-0.15, -0.1) is 11.3 Å². The number of hydrogen-bond donors (Lipinski definition) is 1. The Bertz CT molecular complexity index is 365. The fourth-order valence-electron chi connectivity index (χ4n) is 1.13. The lowest BCUT2D eigenvalue weighted by molar-refractivity contribution is -0.143. The first-order valence-corrected chi connectivity index (χ1v) is 5.54. The number of esters is 1. The van der Waals surface area contributed by atoms with Crippen LogP contribution >= 0.6 is 22.9 Å². The topological polar surface area (TPSA) is 65.2 Å². The molecule has 0 aliphatic rings. The van der Waals surface area contributed by atoms with Gasteiger partial charge in [0, 0.05) is 16.5 Å². The second kappa shape index (κ2) is 4.47. The summed E-state index contributed by atoms with van der Waals surface area (Å²) in [6, 6.07) is -0.723. The number of thiazole rings is 1. The Balaban J connectivity index is 2.96. The average Bonchev–Trinajstić information content (AvgIpc) is 2.63. The van der Waals surface area contributed by atoms with Crippen LogP contribution in [0.4, 0.5) is 0 Å². The second-order valence-electron chi connectivity index (χ2n) is 3.70. The third kappa shape index (κ3) is 2.48. The normalized spacial score (nSPS) is 13.7. The van der Waals surface area contributed by atoms with Crippen molar-refractivity contribution in [1.29, 1.82) is 0 Å². The zero-order valence-corrected chi connectivity index (χ0v) is 10.4. The van der Waals surface area contributed by atoms with Gasteiger partial charge in [-0.1, -0.05) is 25.4 Å². The largest absolute Gasteiger partial charge is 0.468 e. The van der Waals surface area contributed by atoms with Gasteiger partial charge in [0.2, 0.25) is 0 Å². The first-order valence-electron chi connectivity index (χ1n) is 4.34. The number of carbonyl (C=O) groups excluding carboxylic acids is 1. The molecule has 0 amide bonds. The highest BCUT2D eigenvalue weighted by atomic mass is 35.5. The van der Waals surface area contributed by atoms with Crippen LogP contribution in [0.15, 0.2) is 6.20 Å². The molecular weight excluding hydrogens is 236 g/mol. The van der Waals surface area contributed by atoms with Gasteiger partial charge in [0.1, 0.15) is 6.04 Å². The van der Waals surface area contributed by atoms with E-state index in [1.54, 1.807) is 6.20 Å². The molecule has 2 N–H and O–H groups in total. The number of ether oxygens (including phenoxy) is 1. The van der Waals surface area contributed by atoms with Gasteiger partial charge >= 0.3 is 5.97 Å². The molecule has 1 atom stereocenters. The molecule has 1 rings (SSSR count). The molecule has 1 aromatic heterocycles. The first-order chi connectivity index (χ1) is 6.89. The third-order valence-electron chi connectivity index (χ3n) is 2.35. The van der Waals surface area contributed by atoms with Crippen LogP contribution < -0.4 is 5.73 Å². The molecule has 0 saturated carbocycles. The van der Waals surface area contributed by atoms with E-state index in [0.717, 1.165) is 4.88 Å². The molecule has 0 saturated heterocycles. The van der Waals surface area contributed by atoms with Crippen molar-refractivity contribution in [3.05, 3.63) is 15.5 Å². The molecule has 0 bridgehead atoms. The van der Waals surface area contributed by atoms with Crippen molar-refractivity contribution < 1.29 is 9.53 Å². The average molecular weight is 249 g/mol. The molecule has 0 fully saturated rings. The highest BCUT2D eigenvalue weighted by Gasteiger charge is 2.36. The lowest BCUT2D eigenvalue weighted by atomic mass is 9.84. The Kier molecular flexibility index (Phi) is 3.70. The van der Waals surface area contributed by atoms with Crippen LogP contribution in [-0.4, -0.2) is 24.1 Å². The van der Waals surface area contributed by atoms with Gasteiger partial charge < -0.3 is 10.5 Å². The van der Waals surface area contributed by atoms with Crippen molar-refractivity contribution in [3.8, 4) is 0 Å². The van der Waals surface area contributed by atoms with E-state index in [-0.39, 0.29) is 0 Å². The fraction of sp³-hybridized carbons (Fsp3) is 0.556. The molecule has 1 heterocycles. The number of nitrogens with two attached hydrogens (primary N) is 1. The van der Waals surface area contributed by atoms with Gasteiger partial charge in [0.05, 0.1) is 7.11 Å². The van der Waals surface area contributed by atoms with Gasteiger partial charge in [0.25, 0.3) is 0 Å². The number of carbonyl (C=O) groups is 1. The molecule has 0 aromatic carbocycles. The zero-order chi connectivity index (χ0) is 11.6. The van der Waals surface area contributed by atoms with E-state index in [1.165, 1.54) is 18.4 Å². The van der Waals surface area contributed by atoms with Crippen LogP contribution in [0.2, 0.25) is 4.47 Å². The number of nitrogens with zero attached hydrogens (tertiary/aromatic N) is 1. The van der Waals surface area contributed by atoms with Crippen LogP contribution in [0, 0.1) is 0 Å². The minimum Gasteiger partial charge on any atom is -0.468 e. The van der Waals surface area contributed by atoms with E-state index in [9.17, 15) is 4.79 Å². The molecule has 0 aliphatic heterocycles. The predicted molar refractivity (Wildman–Crippen MR) is 60.1 cm³/mol. The lowest BCUT2D eigenvalue weighted by Crippen LogP contribution is -2.47. The van der Waals surface area contributed by atoms with Crippen molar-refractivity contribution >= 4 is 28.9 Å². The lowest BCUT2D eigenvalue weighted by Gasteiger charge is -2.27. The zero-order valence-electron chi connectivity index (χ0n) is 8.78. The number of halogens is 1. The summed E-state index contributed by atoms with van der Waals surface area (Å²) in [6.45, 7) is 3.72. The molecule has 4 nitrogen and oxygen atoms in total. The smallest absolute Gasteiger partial charge is 0.323 e. The summed E-state index contributed by atoms with van der Waals surface area (Å²) < 4.78 is 5.05. The first kappa shape index (κ1) is 12.4. The maximum absolute atomic E-state index is 11.3. The van der Waals surface area contributed by atoms with E-state index in [4.69, 9.17) is 17.3 Å². The van der Waals surface area contributed by atoms with Gasteiger partial charge in [-0.25, -0.2) is 4.98 Å². The van der Waals surface area contributed by atoms with Crippen molar-refractivity contribution in [2.24, 2.45) is 5.73 Å². The van der Waals surface area contributed by atoms with Crippen LogP contribution in [0.1, 0.15) is 18.7 Å². The molecule has 6 heteroatoms. The summed E-state index contributed by atoms with van der Waals surface area (Å²) in [7, 11) is 1.32. The van der Waals surface area contributed by atoms with E-state index < -0.39 is 17.4 Å². The molecule has 0 aliphatic carbocycles. The summed E-state index contributed by atoms with van der Waals surface area (Å²) in [6.07, 6.45) is 1.63. The Labute approximate surface area is 97.4 Å². The molecule has 1 unspecified atom stereocenters. The highest BCUT2D eigenvalue weighted by Crippen LogP contribution is 2.32. The number of rotatable bonds is 3. The number of aromatic nitrogens is 1. The summed E-state index contributed by atoms with van der Waals surface area (Å²) in [5, 5.41) is 0. The molecule has 84 valence electrons. The Morgan fingerprint density at radius 1 is 1.73 bits per heavy atom. The number of methoxy groups -OCH3 is 1. The summed E-state index contributed by atoms with van der Waals surface area (Å²) in [5.41, 5.74) is 5.28. The minimum atomic E-state index is -0.723. The van der Waals surface area contributed by atoms with Gasteiger partial charge in [-0.05, 0) is 0 Å². The molecule has 1 aromatic rings. The molecule has 15 heavy (non-hydrogen) atoms. The second-order valence-corrected chi connectivity index (χ2v) is 5.31. The Morgan fingerprint density at radius 3 is 2.73 bits per heavy atom. The van der Waals surface area contributed by atoms with E-state index in [0.29, 0.717) is 4.47 Å². The quantitative estimate of drug-likeness (QED) is 0.825. The molecular formula is C9H13ClN2O2S. The monoisotopic (exact) mass is 248 g/mol. The van der Waals surface area contributed by atoms with Gasteiger partial charge in [-0.2, -0.15) is 0 Å². The van der Waals surface area contributed by atoms with E-state index >= 15 is 0 Å². The van der Waals surface area contributed by atoms with Crippen LogP contribution in [-0.2, 0) is 14.9 Å². The Hall–Kier alpha value is -0.650. The van der Waals surface area contributed by atoms with Crippen molar-refractivity contribution in [1.82, 2.24) is 4.98 Å². The van der Waals surface area contributed by atoms with Crippen LogP contribution in [0.5, 0.6) is 0 Å². The van der Waals surface area contributed by atoms with Crippen LogP contribution in [0.3, 0.4) is 0 Å².